The van der Waals surface area contributed by atoms with Crippen molar-refractivity contribution in [3.63, 3.8) is 0 Å². The number of hydrogen-bond acceptors (Lipinski definition) is 6. The number of halogens is 4. The molecule has 9 nitrogen and oxygen atoms in total. The van der Waals surface area contributed by atoms with Crippen LogP contribution in [0.1, 0.15) is 29.4 Å². The molecule has 1 aliphatic rings. The van der Waals surface area contributed by atoms with E-state index in [2.05, 4.69) is 10.3 Å². The van der Waals surface area contributed by atoms with Crippen LogP contribution in [0.4, 0.5) is 23.2 Å². The highest BCUT2D eigenvalue weighted by Crippen LogP contribution is 2.24. The highest BCUT2D eigenvalue weighted by Gasteiger charge is 2.46. The maximum absolute atomic E-state index is 13.1. The van der Waals surface area contributed by atoms with E-state index in [9.17, 15) is 35.6 Å². The summed E-state index contributed by atoms with van der Waals surface area (Å²) in [6.07, 6.45) is 1.55. The van der Waals surface area contributed by atoms with Crippen LogP contribution >= 0.6 is 0 Å². The molecule has 0 spiro atoms. The largest absolute Gasteiger partial charge is 0.511 e. The number of alkyl halides is 3. The molecule has 2 N–H and O–H groups in total. The highest BCUT2D eigenvalue weighted by molar-refractivity contribution is 7.90. The first-order chi connectivity index (χ1) is 16.3. The van der Waals surface area contributed by atoms with E-state index in [0.717, 1.165) is 0 Å². The third-order valence-corrected chi connectivity index (χ3v) is 6.44. The first-order valence-electron chi connectivity index (χ1n) is 10.3. The van der Waals surface area contributed by atoms with Gasteiger partial charge in [0.05, 0.1) is 23.5 Å². The lowest BCUT2D eigenvalue weighted by atomic mass is 10.1. The Bertz CT molecular complexity index is 1210. The summed E-state index contributed by atoms with van der Waals surface area (Å²) in [6, 6.07) is 4.61. The zero-order chi connectivity index (χ0) is 26.0. The summed E-state index contributed by atoms with van der Waals surface area (Å²) in [6.45, 7) is 2.58. The minimum Gasteiger partial charge on any atom is -0.490 e. The molecule has 1 unspecified atom stereocenters. The molecule has 2 heterocycles. The number of aromatic nitrogens is 1. The van der Waals surface area contributed by atoms with E-state index in [0.29, 0.717) is 24.3 Å². The number of pyridine rings is 1. The molecule has 2 atom stereocenters. The standard InChI is InChI=1S/C21H22F4N4O5S/c1-12(28-35(32,33)21(23,24)25)11-34-16-9-17(13(2)26-10-16)19(30)27-18-7-8-29(20(18)31)15-5-3-14(22)4-6-15/h3-6,9-10,12,18,28H,7-8,11H2,1-2H3,(H,27,30)/t12-,18?/m0/s1. The summed E-state index contributed by atoms with van der Waals surface area (Å²) in [7, 11) is -5.54. The molecule has 0 aliphatic carbocycles. The summed E-state index contributed by atoms with van der Waals surface area (Å²) in [5.41, 5.74) is -4.58. The molecule has 1 saturated heterocycles. The van der Waals surface area contributed by atoms with Gasteiger partial charge in [0.2, 0.25) is 5.91 Å². The number of benzene rings is 1. The van der Waals surface area contributed by atoms with Crippen LogP contribution in [0.25, 0.3) is 0 Å². The summed E-state index contributed by atoms with van der Waals surface area (Å²) < 4.78 is 79.7. The van der Waals surface area contributed by atoms with Crippen LogP contribution in [-0.2, 0) is 14.8 Å². The minimum absolute atomic E-state index is 0.0180. The van der Waals surface area contributed by atoms with Gasteiger partial charge in [0.1, 0.15) is 24.2 Å². The molecule has 0 radical (unpaired) electrons. The molecule has 2 amide bonds. The van der Waals surface area contributed by atoms with Crippen molar-refractivity contribution in [2.24, 2.45) is 0 Å². The lowest BCUT2D eigenvalue weighted by Crippen LogP contribution is -2.43. The fraction of sp³-hybridized carbons (Fsp3) is 0.381. The van der Waals surface area contributed by atoms with Crippen LogP contribution < -0.4 is 19.7 Å². The summed E-state index contributed by atoms with van der Waals surface area (Å²) >= 11 is 0. The molecule has 2 aromatic rings. The predicted octanol–water partition coefficient (Wildman–Crippen LogP) is 2.27. The molecule has 14 heteroatoms. The first-order valence-corrected chi connectivity index (χ1v) is 11.8. The highest BCUT2D eigenvalue weighted by atomic mass is 32.2. The molecule has 1 aromatic heterocycles. The van der Waals surface area contributed by atoms with E-state index in [1.165, 1.54) is 53.1 Å². The molecule has 1 aromatic carbocycles. The minimum atomic E-state index is -5.54. The van der Waals surface area contributed by atoms with E-state index < -0.39 is 45.9 Å². The average Bonchev–Trinajstić information content (AvgIpc) is 3.12. The average molecular weight is 518 g/mol. The third-order valence-electron chi connectivity index (χ3n) is 5.12. The number of hydrogen-bond donors (Lipinski definition) is 2. The lowest BCUT2D eigenvalue weighted by Gasteiger charge is -2.18. The van der Waals surface area contributed by atoms with Crippen LogP contribution in [-0.4, -0.2) is 56.0 Å². The Morgan fingerprint density at radius 3 is 2.57 bits per heavy atom. The van der Waals surface area contributed by atoms with Gasteiger partial charge in [-0.15, -0.1) is 0 Å². The Morgan fingerprint density at radius 2 is 1.94 bits per heavy atom. The zero-order valence-electron chi connectivity index (χ0n) is 18.6. The van der Waals surface area contributed by atoms with Crippen LogP contribution in [0.2, 0.25) is 0 Å². The second-order valence-electron chi connectivity index (χ2n) is 7.86. The summed E-state index contributed by atoms with van der Waals surface area (Å²) in [4.78, 5) is 31.0. The number of anilines is 1. The Morgan fingerprint density at radius 1 is 1.29 bits per heavy atom. The van der Waals surface area contributed by atoms with Crippen molar-refractivity contribution in [3.05, 3.63) is 53.6 Å². The third kappa shape index (κ3) is 6.25. The number of aryl methyl sites for hydroxylation is 1. The van der Waals surface area contributed by atoms with Gasteiger partial charge in [-0.2, -0.15) is 13.2 Å². The van der Waals surface area contributed by atoms with Gasteiger partial charge in [-0.25, -0.2) is 17.5 Å². The van der Waals surface area contributed by atoms with Gasteiger partial charge in [-0.1, -0.05) is 0 Å². The Labute approximate surface area is 198 Å². The molecule has 3 rings (SSSR count). The van der Waals surface area contributed by atoms with Gasteiger partial charge >= 0.3 is 15.5 Å². The van der Waals surface area contributed by atoms with E-state index >= 15 is 0 Å². The predicted molar refractivity (Wildman–Crippen MR) is 117 cm³/mol. The number of sulfonamides is 1. The lowest BCUT2D eigenvalue weighted by molar-refractivity contribution is -0.118. The molecule has 0 saturated carbocycles. The van der Waals surface area contributed by atoms with Crippen LogP contribution in [0.5, 0.6) is 5.75 Å². The number of rotatable bonds is 8. The molecule has 1 fully saturated rings. The molecule has 1 aliphatic heterocycles. The molecule has 0 bridgehead atoms. The summed E-state index contributed by atoms with van der Waals surface area (Å²) in [5.74, 6) is -1.41. The number of nitrogens with one attached hydrogen (secondary N) is 2. The number of carbonyl (C=O) groups excluding carboxylic acids is 2. The fourth-order valence-corrected chi connectivity index (χ4v) is 4.07. The molecule has 190 valence electrons. The van der Waals surface area contributed by atoms with Crippen molar-refractivity contribution in [1.82, 2.24) is 15.0 Å². The van der Waals surface area contributed by atoms with Crippen LogP contribution in [0, 0.1) is 12.7 Å². The van der Waals surface area contributed by atoms with Crippen LogP contribution in [0.3, 0.4) is 0 Å². The Kier molecular flexibility index (Phi) is 7.65. The Balaban J connectivity index is 1.62. The smallest absolute Gasteiger partial charge is 0.490 e. The Hall–Kier alpha value is -3.26. The van der Waals surface area contributed by atoms with Crippen molar-refractivity contribution in [2.45, 2.75) is 37.9 Å². The SMILES string of the molecule is Cc1ncc(OC[C@H](C)NS(=O)(=O)C(F)(F)F)cc1C(=O)NC1CCN(c2ccc(F)cc2)C1=O. The molecule has 35 heavy (non-hydrogen) atoms. The van der Waals surface area contributed by atoms with Crippen molar-refractivity contribution >= 4 is 27.5 Å². The fourth-order valence-electron chi connectivity index (χ4n) is 3.34. The molecular weight excluding hydrogens is 496 g/mol. The number of nitrogens with zero attached hydrogens (tertiary/aromatic N) is 2. The number of carbonyl (C=O) groups is 2. The van der Waals surface area contributed by atoms with E-state index in [1.807, 2.05) is 0 Å². The van der Waals surface area contributed by atoms with Gasteiger partial charge in [0.15, 0.2) is 0 Å². The van der Waals surface area contributed by atoms with Crippen molar-refractivity contribution < 1.29 is 40.3 Å². The quantitative estimate of drug-likeness (QED) is 0.518. The normalized spacial score (nSPS) is 17.4. The maximum atomic E-state index is 13.1. The zero-order valence-corrected chi connectivity index (χ0v) is 19.4. The molecular formula is C21H22F4N4O5S. The van der Waals surface area contributed by atoms with Crippen molar-refractivity contribution in [1.29, 1.82) is 0 Å². The van der Waals surface area contributed by atoms with E-state index in [-0.39, 0.29) is 17.2 Å². The maximum Gasteiger partial charge on any atom is 0.511 e. The second kappa shape index (κ2) is 10.2. The van der Waals surface area contributed by atoms with Gasteiger partial charge in [0.25, 0.3) is 5.91 Å². The number of amides is 2. The topological polar surface area (TPSA) is 118 Å². The monoisotopic (exact) mass is 518 g/mol. The first kappa shape index (κ1) is 26.3. The van der Waals surface area contributed by atoms with Gasteiger partial charge < -0.3 is 15.0 Å². The van der Waals surface area contributed by atoms with Crippen molar-refractivity contribution in [2.75, 3.05) is 18.1 Å². The van der Waals surface area contributed by atoms with Gasteiger partial charge in [0, 0.05) is 12.2 Å². The van der Waals surface area contributed by atoms with E-state index in [4.69, 9.17) is 4.74 Å². The van der Waals surface area contributed by atoms with E-state index in [1.54, 1.807) is 6.92 Å². The summed E-state index contributed by atoms with van der Waals surface area (Å²) in [5, 5.41) is 2.62. The van der Waals surface area contributed by atoms with Crippen LogP contribution in [0.15, 0.2) is 36.5 Å². The van der Waals surface area contributed by atoms with Gasteiger partial charge in [-0.3, -0.25) is 14.6 Å². The van der Waals surface area contributed by atoms with Crippen molar-refractivity contribution in [3.8, 4) is 5.75 Å². The second-order valence-corrected chi connectivity index (χ2v) is 9.57. The number of ether oxygens (including phenoxy) is 1. The van der Waals surface area contributed by atoms with Gasteiger partial charge in [-0.05, 0) is 50.6 Å².